The molecule has 0 aliphatic heterocycles. The van der Waals surface area contributed by atoms with Crippen molar-refractivity contribution in [1.29, 1.82) is 0 Å². The number of thioether (sulfide) groups is 1. The van der Waals surface area contributed by atoms with E-state index in [0.29, 0.717) is 0 Å². The largest absolute Gasteiger partial charge is 0.452 e. The highest BCUT2D eigenvalue weighted by molar-refractivity contribution is 7.99. The summed E-state index contributed by atoms with van der Waals surface area (Å²) in [6.45, 7) is -0.789. The number of hydrogen-bond donors (Lipinski definition) is 1. The molecule has 0 fully saturated rings. The van der Waals surface area contributed by atoms with Gasteiger partial charge in [-0.3, -0.25) is 4.79 Å². The van der Waals surface area contributed by atoms with E-state index < -0.39 is 41.6 Å². The van der Waals surface area contributed by atoms with E-state index in [0.717, 1.165) is 18.2 Å². The second-order valence-electron chi connectivity index (χ2n) is 4.62. The second kappa shape index (κ2) is 8.52. The van der Waals surface area contributed by atoms with E-state index >= 15 is 0 Å². The van der Waals surface area contributed by atoms with Gasteiger partial charge in [0.15, 0.2) is 6.61 Å². The van der Waals surface area contributed by atoms with E-state index in [9.17, 15) is 27.2 Å². The van der Waals surface area contributed by atoms with Gasteiger partial charge in [-0.2, -0.15) is 8.78 Å². The first-order valence-corrected chi connectivity index (χ1v) is 7.70. The number of rotatable bonds is 6. The molecule has 0 spiro atoms. The van der Waals surface area contributed by atoms with Crippen LogP contribution in [0.3, 0.4) is 0 Å². The molecule has 0 saturated carbocycles. The Labute approximate surface area is 144 Å². The van der Waals surface area contributed by atoms with Crippen LogP contribution < -0.4 is 5.32 Å². The van der Waals surface area contributed by atoms with E-state index in [4.69, 9.17) is 4.74 Å². The summed E-state index contributed by atoms with van der Waals surface area (Å²) in [6.07, 6.45) is 0. The average Bonchev–Trinajstić information content (AvgIpc) is 2.56. The third kappa shape index (κ3) is 5.49. The summed E-state index contributed by atoms with van der Waals surface area (Å²) in [5.41, 5.74) is -0.535. The molecule has 2 aromatic rings. The number of ether oxygens (including phenoxy) is 1. The molecule has 0 saturated heterocycles. The van der Waals surface area contributed by atoms with Crippen LogP contribution in [-0.2, 0) is 9.53 Å². The number of esters is 1. The zero-order valence-electron chi connectivity index (χ0n) is 12.5. The third-order valence-electron chi connectivity index (χ3n) is 2.86. The molecule has 0 heterocycles. The van der Waals surface area contributed by atoms with Gasteiger partial charge in [-0.1, -0.05) is 23.9 Å². The van der Waals surface area contributed by atoms with Crippen molar-refractivity contribution in [2.75, 3.05) is 11.9 Å². The summed E-state index contributed by atoms with van der Waals surface area (Å²) < 4.78 is 56.1. The smallest absolute Gasteiger partial charge is 0.339 e. The van der Waals surface area contributed by atoms with Crippen molar-refractivity contribution in [3.8, 4) is 0 Å². The summed E-state index contributed by atoms with van der Waals surface area (Å²) >= 11 is 0.168. The number of anilines is 1. The summed E-state index contributed by atoms with van der Waals surface area (Å²) in [4.78, 5) is 23.6. The number of benzene rings is 2. The van der Waals surface area contributed by atoms with Crippen molar-refractivity contribution < 1.29 is 31.9 Å². The molecule has 9 heteroatoms. The Hall–Kier alpha value is -2.55. The zero-order chi connectivity index (χ0) is 18.4. The minimum absolute atomic E-state index is 0.000849. The lowest BCUT2D eigenvalue weighted by molar-refractivity contribution is -0.119. The minimum atomic E-state index is -2.73. The molecule has 2 aromatic carbocycles. The van der Waals surface area contributed by atoms with Gasteiger partial charge in [0.2, 0.25) is 0 Å². The van der Waals surface area contributed by atoms with E-state index in [-0.39, 0.29) is 22.2 Å². The van der Waals surface area contributed by atoms with E-state index in [1.54, 1.807) is 0 Å². The Kier molecular flexibility index (Phi) is 6.40. The summed E-state index contributed by atoms with van der Waals surface area (Å²) in [5.74, 6) is -6.24. The lowest BCUT2D eigenvalue weighted by atomic mass is 10.2. The van der Waals surface area contributed by atoms with Crippen LogP contribution in [0.4, 0.5) is 23.2 Å². The monoisotopic (exact) mass is 373 g/mol. The Morgan fingerprint density at radius 2 is 1.84 bits per heavy atom. The lowest BCUT2D eigenvalue weighted by Crippen LogP contribution is -2.21. The molecule has 2 rings (SSSR count). The first-order valence-electron chi connectivity index (χ1n) is 6.82. The van der Waals surface area contributed by atoms with Crippen molar-refractivity contribution >= 4 is 29.3 Å². The Morgan fingerprint density at radius 1 is 1.12 bits per heavy atom. The number of amides is 1. The van der Waals surface area contributed by atoms with Gasteiger partial charge in [-0.05, 0) is 24.3 Å². The van der Waals surface area contributed by atoms with Crippen LogP contribution in [0.5, 0.6) is 0 Å². The zero-order valence-corrected chi connectivity index (χ0v) is 13.3. The molecule has 0 aliphatic rings. The molecule has 25 heavy (non-hydrogen) atoms. The first kappa shape index (κ1) is 18.8. The van der Waals surface area contributed by atoms with Crippen LogP contribution in [-0.4, -0.2) is 24.2 Å². The van der Waals surface area contributed by atoms with Gasteiger partial charge in [0.05, 0.1) is 11.3 Å². The highest BCUT2D eigenvalue weighted by Gasteiger charge is 2.17. The van der Waals surface area contributed by atoms with E-state index in [1.165, 1.54) is 24.3 Å². The molecule has 0 aliphatic carbocycles. The fourth-order valence-corrected chi connectivity index (χ4v) is 2.45. The number of nitrogens with one attached hydrogen (secondary N) is 1. The number of alkyl halides is 2. The fraction of sp³-hybridized carbons (Fsp3) is 0.125. The Bertz CT molecular complexity index is 786. The Balaban J connectivity index is 1.98. The predicted molar refractivity (Wildman–Crippen MR) is 83.6 cm³/mol. The van der Waals surface area contributed by atoms with Crippen molar-refractivity contribution in [3.05, 3.63) is 59.7 Å². The molecule has 0 unspecified atom stereocenters. The molecule has 1 amide bonds. The van der Waals surface area contributed by atoms with Gasteiger partial charge in [0, 0.05) is 11.0 Å². The first-order chi connectivity index (χ1) is 11.9. The van der Waals surface area contributed by atoms with E-state index in [1.807, 2.05) is 5.32 Å². The highest BCUT2D eigenvalue weighted by atomic mass is 32.2. The van der Waals surface area contributed by atoms with Gasteiger partial charge in [0.1, 0.15) is 11.6 Å². The van der Waals surface area contributed by atoms with Crippen LogP contribution in [0.15, 0.2) is 47.4 Å². The van der Waals surface area contributed by atoms with Gasteiger partial charge in [-0.15, -0.1) is 0 Å². The minimum Gasteiger partial charge on any atom is -0.452 e. The molecular weight excluding hydrogens is 362 g/mol. The van der Waals surface area contributed by atoms with Crippen LogP contribution >= 0.6 is 11.8 Å². The number of halogens is 4. The van der Waals surface area contributed by atoms with Crippen LogP contribution in [0, 0.1) is 11.6 Å². The summed E-state index contributed by atoms with van der Waals surface area (Å²) in [6, 6.07) is 7.99. The predicted octanol–water partition coefficient (Wildman–Crippen LogP) is 4.08. The molecule has 1 N–H and O–H groups in total. The van der Waals surface area contributed by atoms with Gasteiger partial charge in [-0.25, -0.2) is 13.6 Å². The quantitative estimate of drug-likeness (QED) is 0.471. The molecule has 4 nitrogen and oxygen atoms in total. The molecule has 0 atom stereocenters. The van der Waals surface area contributed by atoms with Gasteiger partial charge < -0.3 is 10.1 Å². The van der Waals surface area contributed by atoms with Crippen LogP contribution in [0.25, 0.3) is 0 Å². The molecule has 0 radical (unpaired) electrons. The normalized spacial score (nSPS) is 10.6. The number of carbonyl (C=O) groups excluding carboxylic acids is 2. The lowest BCUT2D eigenvalue weighted by Gasteiger charge is -2.10. The molecule has 132 valence electrons. The van der Waals surface area contributed by atoms with Crippen molar-refractivity contribution in [3.63, 3.8) is 0 Å². The fourth-order valence-electron chi connectivity index (χ4n) is 1.82. The number of carbonyl (C=O) groups is 2. The Morgan fingerprint density at radius 3 is 2.56 bits per heavy atom. The molecule has 0 bridgehead atoms. The molecule has 0 aromatic heterocycles. The maximum absolute atomic E-state index is 13.4. The van der Waals surface area contributed by atoms with Gasteiger partial charge in [0.25, 0.3) is 11.7 Å². The van der Waals surface area contributed by atoms with Gasteiger partial charge >= 0.3 is 5.97 Å². The maximum Gasteiger partial charge on any atom is 0.339 e. The van der Waals surface area contributed by atoms with E-state index in [2.05, 4.69) is 0 Å². The number of hydrogen-bond acceptors (Lipinski definition) is 4. The van der Waals surface area contributed by atoms with Crippen LogP contribution in [0.2, 0.25) is 0 Å². The maximum atomic E-state index is 13.4. The van der Waals surface area contributed by atoms with Crippen LogP contribution in [0.1, 0.15) is 10.4 Å². The average molecular weight is 373 g/mol. The van der Waals surface area contributed by atoms with Crippen molar-refractivity contribution in [2.45, 2.75) is 10.7 Å². The SMILES string of the molecule is O=C(COC(=O)c1ccccc1SC(F)F)Nc1cc(F)ccc1F. The van der Waals surface area contributed by atoms with Crippen molar-refractivity contribution in [2.24, 2.45) is 0 Å². The topological polar surface area (TPSA) is 55.4 Å². The molecular formula is C16H11F4NO3S. The summed E-state index contributed by atoms with van der Waals surface area (Å²) in [7, 11) is 0. The standard InChI is InChI=1S/C16H11F4NO3S/c17-9-5-6-11(18)12(7-9)21-14(22)8-24-15(23)10-3-1-2-4-13(10)25-16(19)20/h1-7,16H,8H2,(H,21,22). The van der Waals surface area contributed by atoms with Crippen molar-refractivity contribution in [1.82, 2.24) is 0 Å². The highest BCUT2D eigenvalue weighted by Crippen LogP contribution is 2.28. The second-order valence-corrected chi connectivity index (χ2v) is 5.66. The third-order valence-corrected chi connectivity index (χ3v) is 3.65. The summed E-state index contributed by atoms with van der Waals surface area (Å²) in [5, 5.41) is 2.05.